The van der Waals surface area contributed by atoms with Crippen LogP contribution in [0.25, 0.3) is 11.2 Å². The Hall–Kier alpha value is -1.84. The second-order valence-electron chi connectivity index (χ2n) is 7.84. The Morgan fingerprint density at radius 3 is 2.86 bits per heavy atom. The average molecular weight is 404 g/mol. The summed E-state index contributed by atoms with van der Waals surface area (Å²) >= 11 is 5.93. The van der Waals surface area contributed by atoms with Crippen molar-refractivity contribution >= 4 is 28.6 Å². The van der Waals surface area contributed by atoms with Crippen LogP contribution in [0.2, 0.25) is 0 Å². The Labute approximate surface area is 172 Å². The van der Waals surface area contributed by atoms with Crippen LogP contribution in [0.3, 0.4) is 0 Å². The quantitative estimate of drug-likeness (QED) is 0.564. The highest BCUT2D eigenvalue weighted by Gasteiger charge is 2.30. The molecule has 1 fully saturated rings. The van der Waals surface area contributed by atoms with Crippen LogP contribution >= 0.6 is 11.6 Å². The number of aryl methyl sites for hydroxylation is 1. The molecule has 0 spiro atoms. The molecule has 3 rings (SSSR count). The van der Waals surface area contributed by atoms with Crippen molar-refractivity contribution in [3.8, 4) is 11.8 Å². The number of hydrogen-bond donors (Lipinski definition) is 2. The van der Waals surface area contributed by atoms with Crippen molar-refractivity contribution in [3.05, 3.63) is 12.2 Å². The van der Waals surface area contributed by atoms with Gasteiger partial charge in [0.05, 0.1) is 6.33 Å². The molecule has 2 atom stereocenters. The van der Waals surface area contributed by atoms with Crippen LogP contribution in [0.5, 0.6) is 0 Å². The highest BCUT2D eigenvalue weighted by molar-refractivity contribution is 6.17. The maximum Gasteiger partial charge on any atom is 0.209 e. The highest BCUT2D eigenvalue weighted by atomic mass is 35.5. The molecule has 2 aromatic rings. The summed E-state index contributed by atoms with van der Waals surface area (Å²) in [6, 6.07) is 0.306. The highest BCUT2D eigenvalue weighted by Crippen LogP contribution is 2.31. The van der Waals surface area contributed by atoms with Gasteiger partial charge in [-0.15, -0.1) is 11.6 Å². The largest absolute Gasteiger partial charge is 0.378 e. The number of anilines is 1. The van der Waals surface area contributed by atoms with Gasteiger partial charge in [-0.1, -0.05) is 33.1 Å². The van der Waals surface area contributed by atoms with Crippen molar-refractivity contribution in [2.75, 3.05) is 11.2 Å². The molecule has 6 nitrogen and oxygen atoms in total. The molecule has 1 saturated carbocycles. The van der Waals surface area contributed by atoms with E-state index in [-0.39, 0.29) is 0 Å². The molecule has 28 heavy (non-hydrogen) atoms. The maximum absolute atomic E-state index is 10.8. The zero-order valence-corrected chi connectivity index (χ0v) is 17.8. The van der Waals surface area contributed by atoms with Gasteiger partial charge >= 0.3 is 0 Å². The van der Waals surface area contributed by atoms with Crippen molar-refractivity contribution in [3.63, 3.8) is 0 Å². The predicted molar refractivity (Wildman–Crippen MR) is 113 cm³/mol. The summed E-state index contributed by atoms with van der Waals surface area (Å²) in [6.07, 6.45) is 7.27. The van der Waals surface area contributed by atoms with E-state index in [2.05, 4.69) is 52.9 Å². The fourth-order valence-electron chi connectivity index (χ4n) is 3.85. The molecular formula is C21H30ClN5O. The predicted octanol–water partition coefficient (Wildman–Crippen LogP) is 3.96. The van der Waals surface area contributed by atoms with Crippen LogP contribution < -0.4 is 5.32 Å². The van der Waals surface area contributed by atoms with E-state index in [1.165, 1.54) is 0 Å². The molecule has 2 aromatic heterocycles. The van der Waals surface area contributed by atoms with Crippen molar-refractivity contribution < 1.29 is 5.11 Å². The molecule has 0 amide bonds. The maximum atomic E-state index is 10.8. The Morgan fingerprint density at radius 1 is 1.39 bits per heavy atom. The molecule has 0 saturated heterocycles. The first kappa shape index (κ1) is 20.9. The molecule has 1 aliphatic rings. The normalized spacial score (nSPS) is 22.3. The van der Waals surface area contributed by atoms with Gasteiger partial charge < -0.3 is 15.0 Å². The van der Waals surface area contributed by atoms with Gasteiger partial charge in [0.25, 0.3) is 0 Å². The number of aliphatic hydroxyl groups is 1. The van der Waals surface area contributed by atoms with Crippen LogP contribution in [0.1, 0.15) is 65.1 Å². The van der Waals surface area contributed by atoms with Gasteiger partial charge in [0.1, 0.15) is 5.60 Å². The van der Waals surface area contributed by atoms with Gasteiger partial charge in [0.2, 0.25) is 5.82 Å². The summed E-state index contributed by atoms with van der Waals surface area (Å²) in [7, 11) is 0. The molecule has 152 valence electrons. The van der Waals surface area contributed by atoms with E-state index in [0.29, 0.717) is 48.9 Å². The molecule has 2 unspecified atom stereocenters. The first-order valence-electron chi connectivity index (χ1n) is 10.3. The van der Waals surface area contributed by atoms with E-state index in [1.54, 1.807) is 6.33 Å². The molecule has 0 aliphatic heterocycles. The molecule has 7 heteroatoms. The summed E-state index contributed by atoms with van der Waals surface area (Å²) < 4.78 is 1.92. The Bertz CT molecular complexity index is 867. The summed E-state index contributed by atoms with van der Waals surface area (Å²) in [5, 5.41) is 14.3. The summed E-state index contributed by atoms with van der Waals surface area (Å²) in [4.78, 5) is 13.7. The topological polar surface area (TPSA) is 75.9 Å². The van der Waals surface area contributed by atoms with Crippen molar-refractivity contribution in [1.29, 1.82) is 0 Å². The van der Waals surface area contributed by atoms with Crippen LogP contribution in [-0.4, -0.2) is 42.1 Å². The smallest absolute Gasteiger partial charge is 0.209 e. The first-order valence-corrected chi connectivity index (χ1v) is 10.8. The van der Waals surface area contributed by atoms with Crippen molar-refractivity contribution in [1.82, 2.24) is 19.5 Å². The SMILES string of the molecule is CCC(CC)Nc1nc(C#CC2(O)CCCC(C)C2)nc2c1ncn2CCCl. The Balaban J connectivity index is 2.00. The Morgan fingerprint density at radius 2 is 2.18 bits per heavy atom. The van der Waals surface area contributed by atoms with Gasteiger partial charge in [-0.05, 0) is 43.9 Å². The van der Waals surface area contributed by atoms with E-state index in [9.17, 15) is 5.11 Å². The lowest BCUT2D eigenvalue weighted by Crippen LogP contribution is -2.32. The molecular weight excluding hydrogens is 374 g/mol. The van der Waals surface area contributed by atoms with E-state index in [1.807, 2.05) is 4.57 Å². The van der Waals surface area contributed by atoms with Crippen molar-refractivity contribution in [2.24, 2.45) is 5.92 Å². The zero-order chi connectivity index (χ0) is 20.1. The van der Waals surface area contributed by atoms with Gasteiger partial charge in [-0.3, -0.25) is 0 Å². The summed E-state index contributed by atoms with van der Waals surface area (Å²) in [6.45, 7) is 7.07. The standard InChI is InChI=1S/C21H30ClN5O/c1-4-16(5-2)24-19-18-20(27(12-11-22)14-23-18)26-17(25-19)8-10-21(28)9-6-7-15(3)13-21/h14-16,28H,4-7,9,11-13H2,1-3H3,(H,24,25,26). The third kappa shape index (κ3) is 4.76. The van der Waals surface area contributed by atoms with E-state index >= 15 is 0 Å². The van der Waals surface area contributed by atoms with Crippen LogP contribution in [-0.2, 0) is 6.54 Å². The summed E-state index contributed by atoms with van der Waals surface area (Å²) in [5.74, 6) is 8.16. The Kier molecular flexibility index (Phi) is 6.79. The third-order valence-electron chi connectivity index (χ3n) is 5.50. The number of alkyl halides is 1. The van der Waals surface area contributed by atoms with Gasteiger partial charge in [0.15, 0.2) is 17.0 Å². The number of halogens is 1. The number of rotatable bonds is 6. The van der Waals surface area contributed by atoms with E-state index in [0.717, 1.165) is 36.8 Å². The minimum absolute atomic E-state index is 0.306. The molecule has 0 radical (unpaired) electrons. The fourth-order valence-corrected chi connectivity index (χ4v) is 4.03. The van der Waals surface area contributed by atoms with Gasteiger partial charge in [-0.25, -0.2) is 15.0 Å². The molecule has 2 N–H and O–H groups in total. The van der Waals surface area contributed by atoms with Crippen LogP contribution in [0, 0.1) is 17.8 Å². The lowest BCUT2D eigenvalue weighted by molar-refractivity contribution is 0.0410. The van der Waals surface area contributed by atoms with Crippen LogP contribution in [0.15, 0.2) is 6.33 Å². The van der Waals surface area contributed by atoms with Crippen molar-refractivity contribution in [2.45, 2.75) is 77.5 Å². The minimum Gasteiger partial charge on any atom is -0.378 e. The minimum atomic E-state index is -0.949. The summed E-state index contributed by atoms with van der Waals surface area (Å²) in [5.41, 5.74) is 0.500. The van der Waals surface area contributed by atoms with Gasteiger partial charge in [0, 0.05) is 18.5 Å². The first-order chi connectivity index (χ1) is 13.5. The number of nitrogens with one attached hydrogen (secondary N) is 1. The van der Waals surface area contributed by atoms with E-state index < -0.39 is 5.60 Å². The monoisotopic (exact) mass is 403 g/mol. The lowest BCUT2D eigenvalue weighted by atomic mass is 9.79. The van der Waals surface area contributed by atoms with Crippen LogP contribution in [0.4, 0.5) is 5.82 Å². The average Bonchev–Trinajstić information content (AvgIpc) is 3.08. The second-order valence-corrected chi connectivity index (χ2v) is 8.21. The number of aromatic nitrogens is 4. The number of nitrogens with zero attached hydrogens (tertiary/aromatic N) is 4. The number of fused-ring (bicyclic) bond motifs is 1. The lowest BCUT2D eigenvalue weighted by Gasteiger charge is -2.30. The second kappa shape index (κ2) is 9.11. The van der Waals surface area contributed by atoms with E-state index in [4.69, 9.17) is 11.6 Å². The molecule has 1 aliphatic carbocycles. The number of hydrogen-bond acceptors (Lipinski definition) is 5. The zero-order valence-electron chi connectivity index (χ0n) is 17.0. The number of imidazole rings is 1. The van der Waals surface area contributed by atoms with Gasteiger partial charge in [-0.2, -0.15) is 0 Å². The fraction of sp³-hybridized carbons (Fsp3) is 0.667. The third-order valence-corrected chi connectivity index (χ3v) is 5.67. The molecule has 2 heterocycles. The molecule has 0 bridgehead atoms. The molecule has 0 aromatic carbocycles.